The first kappa shape index (κ1) is 17.8. The molecule has 25 heavy (non-hydrogen) atoms. The van der Waals surface area contributed by atoms with E-state index in [1.807, 2.05) is 6.07 Å². The highest BCUT2D eigenvalue weighted by Gasteiger charge is 2.12. The summed E-state index contributed by atoms with van der Waals surface area (Å²) in [6.07, 6.45) is 1.53. The van der Waals surface area contributed by atoms with E-state index in [4.69, 9.17) is 22.2 Å². The van der Waals surface area contributed by atoms with Crippen molar-refractivity contribution in [3.8, 4) is 11.8 Å². The van der Waals surface area contributed by atoms with Gasteiger partial charge in [-0.1, -0.05) is 12.1 Å². The molecule has 2 rings (SSSR count). The Morgan fingerprint density at radius 1 is 1.32 bits per heavy atom. The molecule has 9 heteroatoms. The van der Waals surface area contributed by atoms with Crippen molar-refractivity contribution in [3.05, 3.63) is 64.2 Å². The Balaban J connectivity index is 1.91. The fraction of sp³-hybridized carbons (Fsp3) is 0.0625. The predicted octanol–water partition coefficient (Wildman–Crippen LogP) is 2.82. The normalized spacial score (nSPS) is 10.0. The smallest absolute Gasteiger partial charge is 0.292 e. The zero-order valence-electron chi connectivity index (χ0n) is 12.9. The molecule has 2 N–H and O–H groups in total. The molecule has 0 fully saturated rings. The van der Waals surface area contributed by atoms with E-state index in [9.17, 15) is 10.1 Å². The molecule has 0 unspecified atom stereocenters. The zero-order valence-corrected chi connectivity index (χ0v) is 13.7. The lowest BCUT2D eigenvalue weighted by atomic mass is 10.2. The molecule has 0 bridgehead atoms. The number of nitrogens with zero attached hydrogens (tertiary/aromatic N) is 3. The lowest BCUT2D eigenvalue weighted by Gasteiger charge is -2.07. The van der Waals surface area contributed by atoms with Gasteiger partial charge < -0.3 is 10.1 Å². The quantitative estimate of drug-likeness (QED) is 0.354. The molecule has 0 saturated carbocycles. The van der Waals surface area contributed by atoms with Crippen LogP contribution in [0.15, 0.2) is 53.6 Å². The van der Waals surface area contributed by atoms with Crippen LogP contribution in [0.5, 0.6) is 5.75 Å². The number of benzene rings is 2. The number of nitriles is 1. The van der Waals surface area contributed by atoms with Crippen LogP contribution in [0, 0.1) is 21.4 Å². The van der Waals surface area contributed by atoms with E-state index in [0.29, 0.717) is 5.75 Å². The molecule has 126 valence electrons. The van der Waals surface area contributed by atoms with Crippen LogP contribution < -0.4 is 15.5 Å². The Hall–Kier alpha value is -3.51. The van der Waals surface area contributed by atoms with Gasteiger partial charge >= 0.3 is 0 Å². The number of nitrogens with one attached hydrogen (secondary N) is 2. The molecule has 0 aliphatic carbocycles. The van der Waals surface area contributed by atoms with Gasteiger partial charge in [0.05, 0.1) is 11.1 Å². The maximum Gasteiger partial charge on any atom is 0.292 e. The highest BCUT2D eigenvalue weighted by Crippen LogP contribution is 2.22. The average Bonchev–Trinajstić information content (AvgIpc) is 2.61. The Bertz CT molecular complexity index is 830. The number of hydrogen-bond acceptors (Lipinski definition) is 6. The van der Waals surface area contributed by atoms with Crippen LogP contribution in [-0.2, 0) is 0 Å². The number of para-hydroxylation sites is 2. The van der Waals surface area contributed by atoms with Crippen LogP contribution >= 0.6 is 12.2 Å². The maximum absolute atomic E-state index is 10.9. The van der Waals surface area contributed by atoms with Crippen LogP contribution in [-0.4, -0.2) is 22.9 Å². The number of nitro groups is 1. The zero-order chi connectivity index (χ0) is 18.1. The van der Waals surface area contributed by atoms with Crippen LogP contribution in [0.3, 0.4) is 0 Å². The fourth-order valence-corrected chi connectivity index (χ4v) is 1.98. The molecule has 0 aliphatic heterocycles. The molecule has 2 aromatic carbocycles. The number of ether oxygens (including phenoxy) is 1. The van der Waals surface area contributed by atoms with Gasteiger partial charge in [-0.25, -0.2) is 0 Å². The molecule has 0 saturated heterocycles. The van der Waals surface area contributed by atoms with Gasteiger partial charge in [-0.05, 0) is 48.1 Å². The first-order valence-corrected chi connectivity index (χ1v) is 7.44. The van der Waals surface area contributed by atoms with E-state index >= 15 is 0 Å². The second kappa shape index (κ2) is 8.95. The lowest BCUT2D eigenvalue weighted by molar-refractivity contribution is -0.383. The Labute approximate surface area is 148 Å². The molecule has 8 nitrogen and oxygen atoms in total. The largest absolute Gasteiger partial charge is 0.479 e. The van der Waals surface area contributed by atoms with E-state index in [1.54, 1.807) is 42.5 Å². The van der Waals surface area contributed by atoms with E-state index in [0.717, 1.165) is 5.56 Å². The highest BCUT2D eigenvalue weighted by molar-refractivity contribution is 7.80. The molecule has 0 atom stereocenters. The maximum atomic E-state index is 10.9. The predicted molar refractivity (Wildman–Crippen MR) is 97.6 cm³/mol. The Morgan fingerprint density at radius 3 is 2.72 bits per heavy atom. The molecular formula is C16H13N5O3S. The molecule has 0 aromatic heterocycles. The minimum atomic E-state index is -0.496. The summed E-state index contributed by atoms with van der Waals surface area (Å²) in [5.74, 6) is 0.584. The standard InChI is InChI=1S/C16H13N5O3S/c17-9-10-24-13-7-5-12(6-8-13)11-18-20-16(25)19-14-3-1-2-4-15(14)21(22)23/h1-8,11H,10H2,(H2,19,20,25)/b18-11-. The summed E-state index contributed by atoms with van der Waals surface area (Å²) in [6.45, 7) is -0.0133. The Kier molecular flexibility index (Phi) is 6.39. The van der Waals surface area contributed by atoms with Gasteiger partial charge in [0.1, 0.15) is 17.5 Å². The monoisotopic (exact) mass is 355 g/mol. The Morgan fingerprint density at radius 2 is 2.04 bits per heavy atom. The molecule has 0 radical (unpaired) electrons. The molecule has 0 amide bonds. The molecule has 0 aliphatic rings. The summed E-state index contributed by atoms with van der Waals surface area (Å²) < 4.78 is 5.14. The number of hydrazone groups is 1. The van der Waals surface area contributed by atoms with Gasteiger partial charge in [0.15, 0.2) is 11.7 Å². The number of thiocarbonyl (C=S) groups is 1. The summed E-state index contributed by atoms with van der Waals surface area (Å²) in [4.78, 5) is 10.4. The van der Waals surface area contributed by atoms with Crippen LogP contribution in [0.25, 0.3) is 0 Å². The number of anilines is 1. The SMILES string of the molecule is N#CCOc1ccc(/C=N\NC(=S)Nc2ccccc2[N+](=O)[O-])cc1. The molecular weight excluding hydrogens is 342 g/mol. The van der Waals surface area contributed by atoms with E-state index < -0.39 is 4.92 Å². The average molecular weight is 355 g/mol. The van der Waals surface area contributed by atoms with Crippen LogP contribution in [0.1, 0.15) is 5.56 Å². The second-order valence-electron chi connectivity index (χ2n) is 4.61. The number of rotatable bonds is 6. The first-order valence-electron chi connectivity index (χ1n) is 7.03. The van der Waals surface area contributed by atoms with Crippen molar-refractivity contribution < 1.29 is 9.66 Å². The first-order chi connectivity index (χ1) is 12.1. The minimum Gasteiger partial charge on any atom is -0.479 e. The van der Waals surface area contributed by atoms with Crippen LogP contribution in [0.4, 0.5) is 11.4 Å². The molecule has 2 aromatic rings. The van der Waals surface area contributed by atoms with Gasteiger partial charge in [-0.2, -0.15) is 10.4 Å². The van der Waals surface area contributed by atoms with Gasteiger partial charge in [0.25, 0.3) is 5.69 Å². The van der Waals surface area contributed by atoms with Crippen molar-refractivity contribution in [1.29, 1.82) is 5.26 Å². The summed E-state index contributed by atoms with van der Waals surface area (Å²) in [7, 11) is 0. The summed E-state index contributed by atoms with van der Waals surface area (Å²) in [5, 5.41) is 26.2. The topological polar surface area (TPSA) is 113 Å². The third-order valence-corrected chi connectivity index (χ3v) is 3.11. The van der Waals surface area contributed by atoms with E-state index in [1.165, 1.54) is 12.3 Å². The molecule has 0 heterocycles. The summed E-state index contributed by atoms with van der Waals surface area (Å²) in [5.41, 5.74) is 3.57. The van der Waals surface area contributed by atoms with Gasteiger partial charge in [0, 0.05) is 6.07 Å². The van der Waals surface area contributed by atoms with Crippen molar-refractivity contribution in [2.75, 3.05) is 11.9 Å². The number of nitro benzene ring substituents is 1. The van der Waals surface area contributed by atoms with Crippen molar-refractivity contribution in [2.45, 2.75) is 0 Å². The third-order valence-electron chi connectivity index (χ3n) is 2.91. The number of hydrogen-bond donors (Lipinski definition) is 2. The fourth-order valence-electron chi connectivity index (χ4n) is 1.82. The third kappa shape index (κ3) is 5.56. The van der Waals surface area contributed by atoms with Crippen molar-refractivity contribution in [2.24, 2.45) is 5.10 Å². The highest BCUT2D eigenvalue weighted by atomic mass is 32.1. The van der Waals surface area contributed by atoms with Crippen molar-refractivity contribution >= 4 is 34.9 Å². The molecule has 0 spiro atoms. The summed E-state index contributed by atoms with van der Waals surface area (Å²) in [6, 6.07) is 15.0. The van der Waals surface area contributed by atoms with E-state index in [2.05, 4.69) is 15.8 Å². The van der Waals surface area contributed by atoms with Gasteiger partial charge in [0.2, 0.25) is 0 Å². The lowest BCUT2D eigenvalue weighted by Crippen LogP contribution is -2.24. The van der Waals surface area contributed by atoms with Crippen molar-refractivity contribution in [1.82, 2.24) is 5.43 Å². The minimum absolute atomic E-state index is 0.0133. The summed E-state index contributed by atoms with van der Waals surface area (Å²) >= 11 is 5.06. The van der Waals surface area contributed by atoms with Crippen molar-refractivity contribution in [3.63, 3.8) is 0 Å². The van der Waals surface area contributed by atoms with Crippen LogP contribution in [0.2, 0.25) is 0 Å². The van der Waals surface area contributed by atoms with Gasteiger partial charge in [-0.3, -0.25) is 15.5 Å². The second-order valence-corrected chi connectivity index (χ2v) is 5.02. The van der Waals surface area contributed by atoms with E-state index in [-0.39, 0.29) is 23.1 Å². The van der Waals surface area contributed by atoms with Gasteiger partial charge in [-0.15, -0.1) is 0 Å².